The summed E-state index contributed by atoms with van der Waals surface area (Å²) in [5.41, 5.74) is -0.574. The van der Waals surface area contributed by atoms with Gasteiger partial charge in [-0.3, -0.25) is 4.98 Å². The zero-order valence-electron chi connectivity index (χ0n) is 15.6. The van der Waals surface area contributed by atoms with Crippen LogP contribution in [0.15, 0.2) is 42.6 Å². The van der Waals surface area contributed by atoms with Gasteiger partial charge in [0.2, 0.25) is 0 Å². The number of hydrogen-bond donors (Lipinski definition) is 1. The zero-order chi connectivity index (χ0) is 19.5. The molecule has 0 unspecified atom stereocenters. The Labute approximate surface area is 175 Å². The molecular weight excluding hydrogens is 390 g/mol. The number of hydrogen-bond acceptors (Lipinski definition) is 3. The van der Waals surface area contributed by atoms with E-state index in [4.69, 9.17) is 4.74 Å². The second-order valence-corrected chi connectivity index (χ2v) is 8.64. The third-order valence-electron chi connectivity index (χ3n) is 3.65. The van der Waals surface area contributed by atoms with Gasteiger partial charge in [-0.25, -0.2) is 8.93 Å². The van der Waals surface area contributed by atoms with Gasteiger partial charge in [-0.15, -0.1) is 0 Å². The zero-order valence-corrected chi connectivity index (χ0v) is 17.9. The van der Waals surface area contributed by atoms with Crippen molar-refractivity contribution in [2.75, 3.05) is 7.11 Å². The molecule has 1 N–H and O–H groups in total. The van der Waals surface area contributed by atoms with E-state index in [0.29, 0.717) is 11.3 Å². The van der Waals surface area contributed by atoms with Crippen molar-refractivity contribution in [2.24, 2.45) is 0 Å². The number of nitrogens with one attached hydrogen (secondary N) is 1. The van der Waals surface area contributed by atoms with Crippen molar-refractivity contribution in [3.8, 4) is 5.75 Å². The number of rotatable bonds is 5. The van der Waals surface area contributed by atoms with Gasteiger partial charge in [0.1, 0.15) is 5.75 Å². The van der Waals surface area contributed by atoms with Gasteiger partial charge >= 0.3 is 6.18 Å². The summed E-state index contributed by atoms with van der Waals surface area (Å²) in [7, 11) is -0.0993. The van der Waals surface area contributed by atoms with Crippen LogP contribution in [0.2, 0.25) is 0 Å². The maximum atomic E-state index is 13.5. The molecule has 0 aliphatic heterocycles. The number of ether oxygens (including phenoxy) is 1. The van der Waals surface area contributed by atoms with Crippen LogP contribution in [-0.2, 0) is 17.2 Å². The summed E-state index contributed by atoms with van der Waals surface area (Å²) in [6.07, 6.45) is -3.28. The molecule has 27 heavy (non-hydrogen) atoms. The average Bonchev–Trinajstić information content (AvgIpc) is 2.58. The van der Waals surface area contributed by atoms with Crippen LogP contribution < -0.4 is 9.46 Å². The monoisotopic (exact) mass is 410 g/mol. The van der Waals surface area contributed by atoms with Gasteiger partial charge in [0.25, 0.3) is 0 Å². The summed E-state index contributed by atoms with van der Waals surface area (Å²) in [6, 6.07) is 7.76. The van der Waals surface area contributed by atoms with E-state index in [9.17, 15) is 17.4 Å². The van der Waals surface area contributed by atoms with Crippen LogP contribution in [0, 0.1) is 0 Å². The molecule has 0 aliphatic carbocycles. The standard InChI is InChI=1S/C18H21F3N2O2S.Mg/c1-17(2,3)26(24)23-15(12-7-9-13(25-4)10-8-12)16-14(18(19,20)21)6-5-11-22-16;/h5-11,15,23H,1-4H3;/t15-,26-;/m0./s1. The molecule has 0 spiro atoms. The van der Waals surface area contributed by atoms with Gasteiger partial charge < -0.3 is 4.74 Å². The molecule has 2 atom stereocenters. The fourth-order valence-corrected chi connectivity index (χ4v) is 3.06. The summed E-state index contributed by atoms with van der Waals surface area (Å²) in [6.45, 7) is 5.22. The first-order chi connectivity index (χ1) is 12.0. The largest absolute Gasteiger partial charge is 0.497 e. The van der Waals surface area contributed by atoms with Crippen molar-refractivity contribution < 1.29 is 22.1 Å². The fraction of sp³-hybridized carbons (Fsp3) is 0.389. The summed E-state index contributed by atoms with van der Waals surface area (Å²) < 4.78 is 60.2. The molecule has 9 heteroatoms. The first-order valence-corrected chi connectivity index (χ1v) is 9.03. The molecule has 1 aromatic heterocycles. The first kappa shape index (κ1) is 23.9. The number of aromatic nitrogens is 1. The van der Waals surface area contributed by atoms with Crippen LogP contribution in [0.5, 0.6) is 5.75 Å². The van der Waals surface area contributed by atoms with Crippen molar-refractivity contribution >= 4 is 34.0 Å². The van der Waals surface area contributed by atoms with E-state index in [1.54, 1.807) is 45.0 Å². The third-order valence-corrected chi connectivity index (χ3v) is 5.21. The lowest BCUT2D eigenvalue weighted by molar-refractivity contribution is -0.138. The second-order valence-electron chi connectivity index (χ2n) is 6.64. The van der Waals surface area contributed by atoms with Gasteiger partial charge in [0, 0.05) is 29.2 Å². The minimum absolute atomic E-state index is 0. The number of methoxy groups -OCH3 is 1. The Kier molecular flexibility index (Phi) is 8.27. The van der Waals surface area contributed by atoms with E-state index in [0.717, 1.165) is 6.07 Å². The second kappa shape index (κ2) is 9.36. The Morgan fingerprint density at radius 3 is 2.19 bits per heavy atom. The van der Waals surface area contributed by atoms with Crippen molar-refractivity contribution in [1.29, 1.82) is 0 Å². The predicted molar refractivity (Wildman–Crippen MR) is 101 cm³/mol. The van der Waals surface area contributed by atoms with Crippen LogP contribution in [0.1, 0.15) is 43.6 Å². The maximum absolute atomic E-state index is 13.5. The Morgan fingerprint density at radius 2 is 1.70 bits per heavy atom. The molecule has 2 aromatic rings. The quantitative estimate of drug-likeness (QED) is 0.761. The highest BCUT2D eigenvalue weighted by molar-refractivity contribution is 7.84. The van der Waals surface area contributed by atoms with Crippen molar-refractivity contribution in [3.63, 3.8) is 0 Å². The van der Waals surface area contributed by atoms with E-state index in [1.165, 1.54) is 19.4 Å². The topological polar surface area (TPSA) is 51.2 Å². The van der Waals surface area contributed by atoms with Crippen molar-refractivity contribution in [3.05, 3.63) is 59.4 Å². The molecule has 0 bridgehead atoms. The molecule has 1 aromatic carbocycles. The highest BCUT2D eigenvalue weighted by Crippen LogP contribution is 2.36. The van der Waals surface area contributed by atoms with E-state index < -0.39 is 33.5 Å². The minimum Gasteiger partial charge on any atom is -0.497 e. The molecular formula is C18H21F3MgN2O2S. The van der Waals surface area contributed by atoms with E-state index >= 15 is 0 Å². The molecule has 0 amide bonds. The van der Waals surface area contributed by atoms with Gasteiger partial charge in [-0.1, -0.05) is 12.1 Å². The lowest BCUT2D eigenvalue weighted by atomic mass is 10.00. The lowest BCUT2D eigenvalue weighted by Crippen LogP contribution is -2.37. The van der Waals surface area contributed by atoms with Gasteiger partial charge in [-0.05, 0) is 50.6 Å². The number of benzene rings is 1. The Hall–Kier alpha value is -1.16. The van der Waals surface area contributed by atoms with Gasteiger partial charge in [0.05, 0.1) is 40.1 Å². The normalized spacial score (nSPS) is 14.2. The molecule has 0 aliphatic rings. The van der Waals surface area contributed by atoms with Crippen LogP contribution in [0.25, 0.3) is 0 Å². The molecule has 2 rings (SSSR count). The molecule has 2 radical (unpaired) electrons. The van der Waals surface area contributed by atoms with E-state index in [-0.39, 0.29) is 28.7 Å². The van der Waals surface area contributed by atoms with Crippen LogP contribution in [-0.4, -0.2) is 44.1 Å². The minimum atomic E-state index is -4.57. The fourth-order valence-electron chi connectivity index (χ4n) is 2.25. The molecule has 0 fully saturated rings. The number of halogens is 3. The lowest BCUT2D eigenvalue weighted by Gasteiger charge is -2.26. The summed E-state index contributed by atoms with van der Waals surface area (Å²) >= 11 is 0. The van der Waals surface area contributed by atoms with E-state index in [2.05, 4.69) is 9.71 Å². The number of nitrogens with zero attached hydrogens (tertiary/aromatic N) is 1. The average molecular weight is 411 g/mol. The predicted octanol–water partition coefficient (Wildman–Crippen LogP) is 3.87. The number of pyridine rings is 1. The molecule has 4 nitrogen and oxygen atoms in total. The van der Waals surface area contributed by atoms with Gasteiger partial charge in [-0.2, -0.15) is 13.2 Å². The summed E-state index contributed by atoms with van der Waals surface area (Å²) in [4.78, 5) is 3.95. The summed E-state index contributed by atoms with van der Waals surface area (Å²) in [5, 5.41) is 0. The molecule has 0 saturated heterocycles. The highest BCUT2D eigenvalue weighted by atomic mass is 32.2. The summed E-state index contributed by atoms with van der Waals surface area (Å²) in [5.74, 6) is 0.571. The third kappa shape index (κ3) is 6.16. The van der Waals surface area contributed by atoms with Crippen molar-refractivity contribution in [2.45, 2.75) is 37.7 Å². The molecule has 144 valence electrons. The molecule has 1 heterocycles. The van der Waals surface area contributed by atoms with Crippen LogP contribution in [0.4, 0.5) is 13.2 Å². The smallest absolute Gasteiger partial charge is 0.418 e. The maximum Gasteiger partial charge on any atom is 0.418 e. The first-order valence-electron chi connectivity index (χ1n) is 7.88. The Bertz CT molecular complexity index is 777. The Morgan fingerprint density at radius 1 is 1.11 bits per heavy atom. The number of alkyl halides is 3. The molecule has 0 saturated carbocycles. The van der Waals surface area contributed by atoms with E-state index in [1.807, 2.05) is 0 Å². The highest BCUT2D eigenvalue weighted by Gasteiger charge is 2.37. The van der Waals surface area contributed by atoms with Crippen LogP contribution in [0.3, 0.4) is 0 Å². The van der Waals surface area contributed by atoms with Crippen molar-refractivity contribution in [1.82, 2.24) is 9.71 Å². The van der Waals surface area contributed by atoms with Gasteiger partial charge in [0.15, 0.2) is 0 Å². The van der Waals surface area contributed by atoms with Crippen LogP contribution >= 0.6 is 0 Å². The Balaban J connectivity index is 0.00000364. The SMILES string of the molecule is COc1ccc([C@H](N[S@@](=O)C(C)(C)C)c2ncccc2C(F)(F)F)cc1.[Mg].